The molecule has 0 fully saturated rings. The van der Waals surface area contributed by atoms with E-state index in [0.717, 1.165) is 11.3 Å². The van der Waals surface area contributed by atoms with Crippen LogP contribution < -0.4 is 10.6 Å². The van der Waals surface area contributed by atoms with Gasteiger partial charge in [-0.25, -0.2) is 4.79 Å². The Kier molecular flexibility index (Phi) is 5.20. The van der Waals surface area contributed by atoms with E-state index in [2.05, 4.69) is 10.6 Å². The van der Waals surface area contributed by atoms with Gasteiger partial charge in [0, 0.05) is 17.3 Å². The normalized spacial score (nSPS) is 11.8. The lowest BCUT2D eigenvalue weighted by Gasteiger charge is -2.14. The van der Waals surface area contributed by atoms with Crippen LogP contribution in [0.25, 0.3) is 0 Å². The van der Waals surface area contributed by atoms with E-state index in [4.69, 9.17) is 11.6 Å². The number of benzene rings is 2. The lowest BCUT2D eigenvalue weighted by Crippen LogP contribution is -2.32. The highest BCUT2D eigenvalue weighted by atomic mass is 35.5. The summed E-state index contributed by atoms with van der Waals surface area (Å²) >= 11 is 5.79. The second-order valence-electron chi connectivity index (χ2n) is 4.72. The van der Waals surface area contributed by atoms with E-state index < -0.39 is 6.10 Å². The summed E-state index contributed by atoms with van der Waals surface area (Å²) in [5.41, 5.74) is 2.43. The van der Waals surface area contributed by atoms with Gasteiger partial charge in [-0.05, 0) is 36.2 Å². The smallest absolute Gasteiger partial charge is 0.319 e. The van der Waals surface area contributed by atoms with E-state index in [9.17, 15) is 9.90 Å². The maximum atomic E-state index is 11.8. The number of urea groups is 1. The van der Waals surface area contributed by atoms with Gasteiger partial charge in [0.15, 0.2) is 0 Å². The Hall–Kier alpha value is -2.04. The third-order valence-electron chi connectivity index (χ3n) is 3.10. The molecule has 1 atom stereocenters. The lowest BCUT2D eigenvalue weighted by molar-refractivity contribution is 0.175. The molecule has 0 aromatic heterocycles. The van der Waals surface area contributed by atoms with Crippen molar-refractivity contribution < 1.29 is 9.90 Å². The predicted molar refractivity (Wildman–Crippen MR) is 84.6 cm³/mol. The van der Waals surface area contributed by atoms with Crippen LogP contribution in [0.3, 0.4) is 0 Å². The Labute approximate surface area is 128 Å². The topological polar surface area (TPSA) is 61.4 Å². The maximum Gasteiger partial charge on any atom is 0.319 e. The molecular formula is C16H17ClN2O2. The molecule has 21 heavy (non-hydrogen) atoms. The van der Waals surface area contributed by atoms with Gasteiger partial charge in [-0.3, -0.25) is 0 Å². The van der Waals surface area contributed by atoms with Crippen LogP contribution in [-0.4, -0.2) is 17.7 Å². The van der Waals surface area contributed by atoms with Gasteiger partial charge in [-0.1, -0.05) is 41.9 Å². The van der Waals surface area contributed by atoms with Crippen molar-refractivity contribution in [3.05, 3.63) is 64.7 Å². The molecule has 0 spiro atoms. The average Bonchev–Trinajstić information content (AvgIpc) is 2.48. The van der Waals surface area contributed by atoms with Crippen LogP contribution in [0, 0.1) is 6.92 Å². The van der Waals surface area contributed by atoms with Gasteiger partial charge in [-0.15, -0.1) is 0 Å². The Bertz CT molecular complexity index is 614. The number of carbonyl (C=O) groups excluding carboxylic acids is 1. The molecule has 2 aromatic carbocycles. The first-order chi connectivity index (χ1) is 10.1. The fourth-order valence-electron chi connectivity index (χ4n) is 1.87. The molecule has 0 saturated heterocycles. The molecule has 0 aliphatic rings. The number of aryl methyl sites for hydroxylation is 1. The van der Waals surface area contributed by atoms with E-state index in [1.54, 1.807) is 24.3 Å². The second kappa shape index (κ2) is 7.11. The van der Waals surface area contributed by atoms with Crippen molar-refractivity contribution in [2.75, 3.05) is 11.9 Å². The van der Waals surface area contributed by atoms with E-state index in [-0.39, 0.29) is 12.6 Å². The van der Waals surface area contributed by atoms with Crippen molar-refractivity contribution in [1.82, 2.24) is 5.32 Å². The first kappa shape index (κ1) is 15.4. The molecule has 0 saturated carbocycles. The summed E-state index contributed by atoms with van der Waals surface area (Å²) in [5.74, 6) is 0. The van der Waals surface area contributed by atoms with E-state index >= 15 is 0 Å². The third-order valence-corrected chi connectivity index (χ3v) is 3.36. The SMILES string of the molecule is Cc1ccccc1NC(=O)NCC(O)c1ccc(Cl)cc1. The third kappa shape index (κ3) is 4.48. The molecule has 0 radical (unpaired) electrons. The highest BCUT2D eigenvalue weighted by Crippen LogP contribution is 2.16. The summed E-state index contributed by atoms with van der Waals surface area (Å²) < 4.78 is 0. The Morgan fingerprint density at radius 3 is 2.52 bits per heavy atom. The molecule has 1 unspecified atom stereocenters. The van der Waals surface area contributed by atoms with Gasteiger partial charge in [0.05, 0.1) is 6.10 Å². The molecule has 3 N–H and O–H groups in total. The van der Waals surface area contributed by atoms with E-state index in [0.29, 0.717) is 10.6 Å². The Morgan fingerprint density at radius 2 is 1.86 bits per heavy atom. The lowest BCUT2D eigenvalue weighted by atomic mass is 10.1. The second-order valence-corrected chi connectivity index (χ2v) is 5.15. The van der Waals surface area contributed by atoms with Gasteiger partial charge >= 0.3 is 6.03 Å². The van der Waals surface area contributed by atoms with Crippen LogP contribution in [0.2, 0.25) is 5.02 Å². The van der Waals surface area contributed by atoms with Crippen molar-refractivity contribution in [3.63, 3.8) is 0 Å². The zero-order valence-electron chi connectivity index (χ0n) is 11.6. The molecule has 5 heteroatoms. The zero-order valence-corrected chi connectivity index (χ0v) is 12.4. The minimum Gasteiger partial charge on any atom is -0.387 e. The largest absolute Gasteiger partial charge is 0.387 e. The number of hydrogen-bond donors (Lipinski definition) is 3. The Balaban J connectivity index is 1.86. The number of hydrogen-bond acceptors (Lipinski definition) is 2. The molecule has 0 bridgehead atoms. The molecular weight excluding hydrogens is 288 g/mol. The summed E-state index contributed by atoms with van der Waals surface area (Å²) in [5, 5.41) is 16.0. The number of halogens is 1. The van der Waals surface area contributed by atoms with Crippen molar-refractivity contribution in [2.24, 2.45) is 0 Å². The van der Waals surface area contributed by atoms with Crippen LogP contribution in [0.5, 0.6) is 0 Å². The number of amides is 2. The van der Waals surface area contributed by atoms with Gasteiger partial charge in [0.2, 0.25) is 0 Å². The van der Waals surface area contributed by atoms with Crippen molar-refractivity contribution >= 4 is 23.3 Å². The number of rotatable bonds is 4. The Morgan fingerprint density at radius 1 is 1.19 bits per heavy atom. The first-order valence-electron chi connectivity index (χ1n) is 6.60. The van der Waals surface area contributed by atoms with Crippen LogP contribution in [0.4, 0.5) is 10.5 Å². The number of aliphatic hydroxyl groups excluding tert-OH is 1. The fraction of sp³-hybridized carbons (Fsp3) is 0.188. The highest BCUT2D eigenvalue weighted by molar-refractivity contribution is 6.30. The molecule has 110 valence electrons. The summed E-state index contributed by atoms with van der Waals surface area (Å²) in [4.78, 5) is 11.8. The number of anilines is 1. The van der Waals surface area contributed by atoms with Crippen molar-refractivity contribution in [2.45, 2.75) is 13.0 Å². The molecule has 0 heterocycles. The number of aliphatic hydroxyl groups is 1. The average molecular weight is 305 g/mol. The molecule has 2 amide bonds. The standard InChI is InChI=1S/C16H17ClN2O2/c1-11-4-2-3-5-14(11)19-16(21)18-10-15(20)12-6-8-13(17)9-7-12/h2-9,15,20H,10H2,1H3,(H2,18,19,21). The first-order valence-corrected chi connectivity index (χ1v) is 6.98. The van der Waals surface area contributed by atoms with E-state index in [1.807, 2.05) is 31.2 Å². The quantitative estimate of drug-likeness (QED) is 0.809. The number of nitrogens with one attached hydrogen (secondary N) is 2. The highest BCUT2D eigenvalue weighted by Gasteiger charge is 2.10. The minimum absolute atomic E-state index is 0.124. The van der Waals surface area contributed by atoms with E-state index in [1.165, 1.54) is 0 Å². The number of carbonyl (C=O) groups is 1. The molecule has 2 rings (SSSR count). The van der Waals surface area contributed by atoms with Gasteiger partial charge in [0.25, 0.3) is 0 Å². The molecule has 4 nitrogen and oxygen atoms in total. The summed E-state index contributed by atoms with van der Waals surface area (Å²) in [6.45, 7) is 2.04. The van der Waals surface area contributed by atoms with Crippen LogP contribution >= 0.6 is 11.6 Å². The zero-order chi connectivity index (χ0) is 15.2. The minimum atomic E-state index is -0.773. The monoisotopic (exact) mass is 304 g/mol. The van der Waals surface area contributed by atoms with Crippen LogP contribution in [0.15, 0.2) is 48.5 Å². The van der Waals surface area contributed by atoms with Crippen molar-refractivity contribution in [1.29, 1.82) is 0 Å². The number of para-hydroxylation sites is 1. The predicted octanol–water partition coefficient (Wildman–Crippen LogP) is 3.50. The maximum absolute atomic E-state index is 11.8. The van der Waals surface area contributed by atoms with Crippen LogP contribution in [0.1, 0.15) is 17.2 Å². The van der Waals surface area contributed by atoms with Crippen LogP contribution in [-0.2, 0) is 0 Å². The summed E-state index contributed by atoms with van der Waals surface area (Å²) in [6, 6.07) is 14.0. The fourth-order valence-corrected chi connectivity index (χ4v) is 2.00. The summed E-state index contributed by atoms with van der Waals surface area (Å²) in [7, 11) is 0. The van der Waals surface area contributed by atoms with Gasteiger partial charge in [0.1, 0.15) is 0 Å². The molecule has 0 aliphatic carbocycles. The molecule has 0 aliphatic heterocycles. The van der Waals surface area contributed by atoms with Gasteiger partial charge < -0.3 is 15.7 Å². The van der Waals surface area contributed by atoms with Gasteiger partial charge in [-0.2, -0.15) is 0 Å². The summed E-state index contributed by atoms with van der Waals surface area (Å²) in [6.07, 6.45) is -0.773. The van der Waals surface area contributed by atoms with Crippen molar-refractivity contribution in [3.8, 4) is 0 Å². The molecule has 2 aromatic rings.